The lowest BCUT2D eigenvalue weighted by atomic mass is 10.0. The minimum absolute atomic E-state index is 0.0153. The molecule has 0 aliphatic carbocycles. The molecule has 93 heavy (non-hydrogen) atoms. The number of phenols is 1. The van der Waals surface area contributed by atoms with Gasteiger partial charge in [0.1, 0.15) is 42.0 Å². The topological polar surface area (TPSA) is 431 Å². The van der Waals surface area contributed by atoms with Crippen molar-refractivity contribution in [1.29, 1.82) is 0 Å². The number of hydrogen-bond donors (Lipinski definition) is 14. The van der Waals surface area contributed by atoms with E-state index in [0.717, 1.165) is 16.3 Å². The van der Waals surface area contributed by atoms with E-state index >= 15 is 0 Å². The molecule has 14 N–H and O–H groups in total. The van der Waals surface area contributed by atoms with Crippen LogP contribution in [0.3, 0.4) is 0 Å². The standard InChI is InChI=1S/C64H75N9O18S2/c74-45-19-16-41(17-20-45)36-51(62(88)70-46(21-26-56(79)80)59(85)66-30-32-93-92-31-29-65-52(75)24-25-53(76)68-47(22-27-57(81)82)60(86)71-48(64(90)91)23-28-58(83)84)73-63(89)50(35-40-11-5-2-6-12-40)72-61(87)49(34-39-9-3-1-4-10-39)69-55(78)38-67-54(77)37-42-15-18-43-13-7-8-14-44(43)33-42/h1-20,33,46-51,74H,21-32,34-38H2,(H,65,75)(H,66,85)(H,67,77)(H,68,76)(H,69,78)(H,70,88)(H,71,86)(H,72,87)(H,73,89)(H,79,80)(H,81,82)(H,83,84)(H,90,91)/t46-,47-,48-,49-,50-,51-/m0/s1. The molecule has 0 aliphatic heterocycles. The molecule has 0 radical (unpaired) electrons. The lowest BCUT2D eigenvalue weighted by Gasteiger charge is -2.27. The summed E-state index contributed by atoms with van der Waals surface area (Å²) in [6.07, 6.45) is -4.12. The van der Waals surface area contributed by atoms with Crippen LogP contribution in [0.5, 0.6) is 5.75 Å². The Bertz CT molecular complexity index is 3400. The monoisotopic (exact) mass is 1320 g/mol. The Labute approximate surface area is 542 Å². The number of carbonyl (C=O) groups is 13. The van der Waals surface area contributed by atoms with Gasteiger partial charge in [-0.25, -0.2) is 4.79 Å². The maximum atomic E-state index is 14.7. The third-order valence-electron chi connectivity index (χ3n) is 14.0. The van der Waals surface area contributed by atoms with Crippen LogP contribution in [0.1, 0.15) is 73.6 Å². The number of hydrogen-bond acceptors (Lipinski definition) is 16. The number of rotatable bonds is 41. The molecule has 0 aliphatic rings. The first-order valence-corrected chi connectivity index (χ1v) is 32.1. The summed E-state index contributed by atoms with van der Waals surface area (Å²) in [5, 5.41) is 72.1. The molecule has 0 aromatic heterocycles. The summed E-state index contributed by atoms with van der Waals surface area (Å²) in [7, 11) is 2.60. The van der Waals surface area contributed by atoms with Crippen LogP contribution in [-0.4, -0.2) is 170 Å². The Morgan fingerprint density at radius 1 is 0.355 bits per heavy atom. The zero-order chi connectivity index (χ0) is 67.7. The fraction of sp³-hybridized carbons (Fsp3) is 0.359. The van der Waals surface area contributed by atoms with E-state index in [1.807, 2.05) is 42.5 Å². The van der Waals surface area contributed by atoms with Gasteiger partial charge in [-0.15, -0.1) is 0 Å². The van der Waals surface area contributed by atoms with Gasteiger partial charge in [-0.1, -0.05) is 137 Å². The van der Waals surface area contributed by atoms with Gasteiger partial charge < -0.3 is 73.4 Å². The first-order valence-electron chi connectivity index (χ1n) is 29.6. The summed E-state index contributed by atoms with van der Waals surface area (Å²) in [6.45, 7) is -0.311. The smallest absolute Gasteiger partial charge is 0.326 e. The van der Waals surface area contributed by atoms with Crippen LogP contribution in [0.4, 0.5) is 0 Å². The molecule has 6 atom stereocenters. The summed E-state index contributed by atoms with van der Waals surface area (Å²) < 4.78 is 0. The van der Waals surface area contributed by atoms with Crippen LogP contribution in [0.25, 0.3) is 10.8 Å². The predicted octanol–water partition coefficient (Wildman–Crippen LogP) is 1.91. The molecule has 0 saturated heterocycles. The van der Waals surface area contributed by atoms with E-state index in [1.165, 1.54) is 45.9 Å². The molecule has 0 unspecified atom stereocenters. The van der Waals surface area contributed by atoms with Gasteiger partial charge >= 0.3 is 23.9 Å². The minimum atomic E-state index is -1.63. The first-order chi connectivity index (χ1) is 44.5. The van der Waals surface area contributed by atoms with Crippen molar-refractivity contribution in [2.45, 2.75) is 113 Å². The van der Waals surface area contributed by atoms with Crippen LogP contribution in [-0.2, 0) is 88.0 Å². The largest absolute Gasteiger partial charge is 0.508 e. The van der Waals surface area contributed by atoms with Gasteiger partial charge in [-0.2, -0.15) is 0 Å². The summed E-state index contributed by atoms with van der Waals surface area (Å²) >= 11 is 0. The van der Waals surface area contributed by atoms with E-state index in [0.29, 0.717) is 28.2 Å². The van der Waals surface area contributed by atoms with Gasteiger partial charge in [-0.05, 0) is 64.4 Å². The van der Waals surface area contributed by atoms with Gasteiger partial charge in [0, 0.05) is 76.0 Å². The number of carbonyl (C=O) groups excluding carboxylic acids is 9. The fourth-order valence-corrected chi connectivity index (χ4v) is 11.0. The number of amides is 9. The third-order valence-corrected chi connectivity index (χ3v) is 16.4. The van der Waals surface area contributed by atoms with Crippen LogP contribution in [0.15, 0.2) is 127 Å². The molecule has 0 spiro atoms. The zero-order valence-corrected chi connectivity index (χ0v) is 52.1. The number of carboxylic acids is 4. The number of phenolic OH excluding ortho intramolecular Hbond substituents is 1. The van der Waals surface area contributed by atoms with Gasteiger partial charge in [-0.3, -0.25) is 57.5 Å². The lowest BCUT2D eigenvalue weighted by Crippen LogP contribution is -2.59. The van der Waals surface area contributed by atoms with Crippen molar-refractivity contribution in [2.24, 2.45) is 0 Å². The Balaban J connectivity index is 1.17. The predicted molar refractivity (Wildman–Crippen MR) is 343 cm³/mol. The highest BCUT2D eigenvalue weighted by atomic mass is 33.1. The van der Waals surface area contributed by atoms with Gasteiger partial charge in [0.2, 0.25) is 53.2 Å². The van der Waals surface area contributed by atoms with Crippen molar-refractivity contribution >= 4 is 109 Å². The molecule has 5 aromatic rings. The van der Waals surface area contributed by atoms with Crippen molar-refractivity contribution in [1.82, 2.24) is 47.9 Å². The van der Waals surface area contributed by atoms with E-state index in [4.69, 9.17) is 10.2 Å². The normalized spacial score (nSPS) is 12.8. The molecule has 0 fully saturated rings. The van der Waals surface area contributed by atoms with E-state index in [2.05, 4.69) is 47.9 Å². The number of carboxylic acid groups (broad SMARTS) is 4. The number of aromatic hydroxyl groups is 1. The molecule has 27 nitrogen and oxygen atoms in total. The molecule has 0 heterocycles. The van der Waals surface area contributed by atoms with Gasteiger partial charge in [0.05, 0.1) is 13.0 Å². The highest BCUT2D eigenvalue weighted by molar-refractivity contribution is 8.76. The minimum Gasteiger partial charge on any atom is -0.508 e. The molecular formula is C64H75N9O18S2. The van der Waals surface area contributed by atoms with Crippen LogP contribution in [0, 0.1) is 0 Å². The molecule has 496 valence electrons. The maximum Gasteiger partial charge on any atom is 0.326 e. The Kier molecular flexibility index (Phi) is 31.1. The average Bonchev–Trinajstić information content (AvgIpc) is 1.24. The number of aliphatic carboxylic acids is 4. The van der Waals surface area contributed by atoms with Crippen molar-refractivity contribution < 1.29 is 87.9 Å². The highest BCUT2D eigenvalue weighted by Gasteiger charge is 2.33. The van der Waals surface area contributed by atoms with Crippen molar-refractivity contribution in [3.63, 3.8) is 0 Å². The molecule has 5 rings (SSSR count). The van der Waals surface area contributed by atoms with Crippen molar-refractivity contribution in [3.05, 3.63) is 150 Å². The second-order valence-electron chi connectivity index (χ2n) is 21.3. The lowest BCUT2D eigenvalue weighted by molar-refractivity contribution is -0.144. The van der Waals surface area contributed by atoms with E-state index in [-0.39, 0.29) is 57.4 Å². The Morgan fingerprint density at radius 3 is 1.29 bits per heavy atom. The zero-order valence-electron chi connectivity index (χ0n) is 50.5. The average molecular weight is 1320 g/mol. The van der Waals surface area contributed by atoms with E-state index in [9.17, 15) is 77.6 Å². The van der Waals surface area contributed by atoms with Crippen molar-refractivity contribution in [2.75, 3.05) is 31.1 Å². The van der Waals surface area contributed by atoms with E-state index in [1.54, 1.807) is 60.7 Å². The van der Waals surface area contributed by atoms with Crippen LogP contribution in [0.2, 0.25) is 0 Å². The SMILES string of the molecule is O=C(O)CC[C@H](NC(=O)[C@H](CCC(=O)O)NC(=O)CCC(=O)NCCSSCCNC(=O)[C@H](CCC(=O)O)NC(=O)[C@H](Cc1ccc(O)cc1)NC(=O)[C@H](Cc1ccccc1)NC(=O)[C@H](Cc1ccccc1)NC(=O)CNC(=O)Cc1ccc2ccccc2c1)C(=O)O. The maximum absolute atomic E-state index is 14.7. The second kappa shape index (κ2) is 39.3. The summed E-state index contributed by atoms with van der Waals surface area (Å²) in [6, 6.07) is 27.7. The van der Waals surface area contributed by atoms with Crippen molar-refractivity contribution in [3.8, 4) is 5.75 Å². The summed E-state index contributed by atoms with van der Waals surface area (Å²) in [5.41, 5.74) is 2.43. The molecule has 0 saturated carbocycles. The molecule has 9 amide bonds. The second-order valence-corrected chi connectivity index (χ2v) is 24.0. The number of benzene rings is 5. The summed E-state index contributed by atoms with van der Waals surface area (Å²) in [4.78, 5) is 167. The Hall–Kier alpha value is -10.0. The number of nitrogens with one attached hydrogen (secondary N) is 9. The third kappa shape index (κ3) is 28.4. The Morgan fingerprint density at radius 2 is 0.763 bits per heavy atom. The van der Waals surface area contributed by atoms with E-state index < -0.39 is 158 Å². The molecule has 5 aromatic carbocycles. The first kappa shape index (κ1) is 73.7. The van der Waals surface area contributed by atoms with Crippen LogP contribution >= 0.6 is 21.6 Å². The number of fused-ring (bicyclic) bond motifs is 1. The fourth-order valence-electron chi connectivity index (χ4n) is 9.17. The highest BCUT2D eigenvalue weighted by Crippen LogP contribution is 2.20. The van der Waals surface area contributed by atoms with Gasteiger partial charge in [0.25, 0.3) is 0 Å². The molecular weight excluding hydrogens is 1250 g/mol. The molecule has 0 bridgehead atoms. The molecule has 29 heteroatoms. The summed E-state index contributed by atoms with van der Waals surface area (Å²) in [5.74, 6) is -11.7. The van der Waals surface area contributed by atoms with Gasteiger partial charge in [0.15, 0.2) is 0 Å². The quantitative estimate of drug-likeness (QED) is 0.0196. The van der Waals surface area contributed by atoms with Crippen LogP contribution < -0.4 is 47.9 Å².